The van der Waals surface area contributed by atoms with Crippen LogP contribution in [0.4, 0.5) is 0 Å². The summed E-state index contributed by atoms with van der Waals surface area (Å²) in [5.41, 5.74) is 0. The van der Waals surface area contributed by atoms with Crippen LogP contribution >= 0.6 is 0 Å². The van der Waals surface area contributed by atoms with Crippen LogP contribution < -0.4 is 0 Å². The van der Waals surface area contributed by atoms with E-state index in [4.69, 9.17) is 10.2 Å². The first-order chi connectivity index (χ1) is 10.7. The predicted molar refractivity (Wildman–Crippen MR) is 92.1 cm³/mol. The monoisotopic (exact) mass is 333 g/mol. The largest absolute Gasteiger partial charge is 0.400 e. The van der Waals surface area contributed by atoms with Gasteiger partial charge in [-0.25, -0.2) is 0 Å². The molecule has 0 radical (unpaired) electrons. The Morgan fingerprint density at radius 2 is 1.61 bits per heavy atom. The van der Waals surface area contributed by atoms with Crippen LogP contribution in [0.2, 0.25) is 0 Å². The lowest BCUT2D eigenvalue weighted by Gasteiger charge is -2.16. The van der Waals surface area contributed by atoms with Crippen LogP contribution in [0.1, 0.15) is 53.4 Å². The number of aliphatic hydroxyl groups is 2. The Morgan fingerprint density at radius 3 is 1.91 bits per heavy atom. The van der Waals surface area contributed by atoms with Crippen molar-refractivity contribution >= 4 is 18.0 Å². The summed E-state index contributed by atoms with van der Waals surface area (Å²) in [6, 6.07) is 0. The number of ketones is 1. The molecule has 0 aliphatic heterocycles. The highest BCUT2D eigenvalue weighted by atomic mass is 16.3. The predicted octanol–water partition coefficient (Wildman–Crippen LogP) is 1.67. The molecule has 6 heteroatoms. The van der Waals surface area contributed by atoms with Gasteiger partial charge in [-0.1, -0.05) is 27.7 Å². The number of aliphatic hydroxyl groups excluding tert-OH is 2. The quantitative estimate of drug-likeness (QED) is 0.626. The van der Waals surface area contributed by atoms with Gasteiger partial charge >= 0.3 is 0 Å². The number of aldehydes is 1. The fourth-order valence-electron chi connectivity index (χ4n) is 1.50. The molecular formula is C17H35NO5. The zero-order chi connectivity index (χ0) is 18.8. The minimum Gasteiger partial charge on any atom is -0.400 e. The van der Waals surface area contributed by atoms with Gasteiger partial charge in [0.2, 0.25) is 5.91 Å². The third-order valence-electron chi connectivity index (χ3n) is 2.66. The standard InChI is InChI=1S/C11H19NO3.C5H12O.CH4O/c1-9(2)7-10(14)8-12(3)11(15)5-4-6-13;1-5(2)3-4-6;1-2/h6,9H,4-5,7-8H2,1-3H3;5-6H,3-4H2,1-2H3;2H,1H3. The first-order valence-corrected chi connectivity index (χ1v) is 7.99. The number of carbonyl (C=O) groups is 3. The van der Waals surface area contributed by atoms with Gasteiger partial charge in [-0.05, 0) is 18.3 Å². The van der Waals surface area contributed by atoms with E-state index in [1.807, 2.05) is 13.8 Å². The average molecular weight is 333 g/mol. The molecule has 0 fully saturated rings. The smallest absolute Gasteiger partial charge is 0.223 e. The first-order valence-electron chi connectivity index (χ1n) is 7.99. The molecule has 0 saturated carbocycles. The number of nitrogens with zero attached hydrogens (tertiary/aromatic N) is 1. The van der Waals surface area contributed by atoms with Crippen molar-refractivity contribution in [3.8, 4) is 0 Å². The zero-order valence-corrected chi connectivity index (χ0v) is 15.5. The maximum Gasteiger partial charge on any atom is 0.223 e. The second-order valence-electron chi connectivity index (χ2n) is 6.00. The molecule has 138 valence electrons. The Hall–Kier alpha value is -1.27. The van der Waals surface area contributed by atoms with Crippen molar-refractivity contribution in [2.24, 2.45) is 11.8 Å². The number of rotatable bonds is 9. The summed E-state index contributed by atoms with van der Waals surface area (Å²) in [6.45, 7) is 8.60. The van der Waals surface area contributed by atoms with Gasteiger partial charge in [0, 0.05) is 40.0 Å². The third-order valence-corrected chi connectivity index (χ3v) is 2.66. The van der Waals surface area contributed by atoms with E-state index < -0.39 is 0 Å². The number of Topliss-reactive ketones (excluding diaryl/α,β-unsaturated/α-hetero) is 1. The van der Waals surface area contributed by atoms with Gasteiger partial charge in [0.25, 0.3) is 0 Å². The van der Waals surface area contributed by atoms with Crippen molar-refractivity contribution in [1.82, 2.24) is 4.90 Å². The lowest BCUT2D eigenvalue weighted by Crippen LogP contribution is -2.32. The summed E-state index contributed by atoms with van der Waals surface area (Å²) in [5.74, 6) is 0.872. The lowest BCUT2D eigenvalue weighted by molar-refractivity contribution is -0.134. The van der Waals surface area contributed by atoms with E-state index in [-0.39, 0.29) is 31.1 Å². The maximum atomic E-state index is 11.4. The van der Waals surface area contributed by atoms with E-state index in [9.17, 15) is 14.4 Å². The van der Waals surface area contributed by atoms with Gasteiger partial charge in [-0.15, -0.1) is 0 Å². The number of carbonyl (C=O) groups excluding carboxylic acids is 3. The molecule has 6 nitrogen and oxygen atoms in total. The van der Waals surface area contributed by atoms with E-state index in [2.05, 4.69) is 13.8 Å². The second kappa shape index (κ2) is 18.8. The molecule has 23 heavy (non-hydrogen) atoms. The van der Waals surface area contributed by atoms with E-state index in [0.29, 0.717) is 31.1 Å². The van der Waals surface area contributed by atoms with Crippen molar-refractivity contribution in [2.45, 2.75) is 53.4 Å². The van der Waals surface area contributed by atoms with Crippen LogP contribution in [0.25, 0.3) is 0 Å². The fraction of sp³-hybridized carbons (Fsp3) is 0.824. The van der Waals surface area contributed by atoms with E-state index in [0.717, 1.165) is 13.5 Å². The van der Waals surface area contributed by atoms with Crippen molar-refractivity contribution in [2.75, 3.05) is 27.3 Å². The number of hydrogen-bond acceptors (Lipinski definition) is 5. The SMILES string of the molecule is CC(C)CC(=O)CN(C)C(=O)CCC=O.CC(C)CCO.CO. The number of hydrogen-bond donors (Lipinski definition) is 2. The van der Waals surface area contributed by atoms with Gasteiger partial charge in [-0.3, -0.25) is 9.59 Å². The van der Waals surface area contributed by atoms with Gasteiger partial charge in [0.15, 0.2) is 5.78 Å². The highest BCUT2D eigenvalue weighted by molar-refractivity contribution is 5.86. The Balaban J connectivity index is -0.000000418. The normalized spacial score (nSPS) is 9.48. The maximum absolute atomic E-state index is 11.4. The Labute approximate surface area is 140 Å². The van der Waals surface area contributed by atoms with E-state index in [1.165, 1.54) is 4.90 Å². The molecule has 0 bridgehead atoms. The highest BCUT2D eigenvalue weighted by Gasteiger charge is 2.13. The molecule has 0 rings (SSSR count). The Morgan fingerprint density at radius 1 is 1.09 bits per heavy atom. The van der Waals surface area contributed by atoms with Crippen molar-refractivity contribution in [3.63, 3.8) is 0 Å². The minimum atomic E-state index is -0.154. The van der Waals surface area contributed by atoms with Crippen LogP contribution in [-0.4, -0.2) is 60.4 Å². The lowest BCUT2D eigenvalue weighted by atomic mass is 10.1. The molecule has 0 aromatic heterocycles. The topological polar surface area (TPSA) is 94.9 Å². The summed E-state index contributed by atoms with van der Waals surface area (Å²) >= 11 is 0. The van der Waals surface area contributed by atoms with Crippen molar-refractivity contribution in [1.29, 1.82) is 0 Å². The average Bonchev–Trinajstić information content (AvgIpc) is 2.46. The molecule has 0 spiro atoms. The van der Waals surface area contributed by atoms with Crippen LogP contribution in [-0.2, 0) is 14.4 Å². The molecule has 0 aromatic carbocycles. The molecule has 2 N–H and O–H groups in total. The molecule has 0 saturated heterocycles. The number of likely N-dealkylation sites (N-methyl/N-ethyl adjacent to an activating group) is 1. The van der Waals surface area contributed by atoms with Crippen LogP contribution in [0.15, 0.2) is 0 Å². The molecule has 0 heterocycles. The van der Waals surface area contributed by atoms with Crippen LogP contribution in [0.5, 0.6) is 0 Å². The first kappa shape index (κ1) is 26.6. The molecule has 0 atom stereocenters. The third kappa shape index (κ3) is 23.1. The van der Waals surface area contributed by atoms with Crippen LogP contribution in [0.3, 0.4) is 0 Å². The molecular weight excluding hydrogens is 298 g/mol. The molecule has 0 aliphatic carbocycles. The molecule has 0 aromatic rings. The zero-order valence-electron chi connectivity index (χ0n) is 15.5. The Bertz CT molecular complexity index is 303. The second-order valence-corrected chi connectivity index (χ2v) is 6.00. The van der Waals surface area contributed by atoms with Gasteiger partial charge in [-0.2, -0.15) is 0 Å². The van der Waals surface area contributed by atoms with Crippen molar-refractivity contribution in [3.05, 3.63) is 0 Å². The van der Waals surface area contributed by atoms with Gasteiger partial charge in [0.05, 0.1) is 6.54 Å². The highest BCUT2D eigenvalue weighted by Crippen LogP contribution is 2.02. The summed E-state index contributed by atoms with van der Waals surface area (Å²) in [6.07, 6.45) is 2.55. The van der Waals surface area contributed by atoms with E-state index in [1.54, 1.807) is 7.05 Å². The molecule has 0 unspecified atom stereocenters. The molecule has 1 amide bonds. The van der Waals surface area contributed by atoms with Crippen molar-refractivity contribution < 1.29 is 24.6 Å². The Kier molecular flexibility index (Phi) is 21.7. The van der Waals surface area contributed by atoms with E-state index >= 15 is 0 Å². The summed E-state index contributed by atoms with van der Waals surface area (Å²) in [7, 11) is 2.59. The van der Waals surface area contributed by atoms with Crippen LogP contribution in [0, 0.1) is 11.8 Å². The molecule has 0 aliphatic rings. The summed E-state index contributed by atoms with van der Waals surface area (Å²) < 4.78 is 0. The van der Waals surface area contributed by atoms with Gasteiger partial charge in [0.1, 0.15) is 6.29 Å². The van der Waals surface area contributed by atoms with Gasteiger partial charge < -0.3 is 19.9 Å². The fourth-order valence-corrected chi connectivity index (χ4v) is 1.50. The summed E-state index contributed by atoms with van der Waals surface area (Å²) in [5, 5.41) is 15.2. The minimum absolute atomic E-state index is 0.0620. The summed E-state index contributed by atoms with van der Waals surface area (Å²) in [4.78, 5) is 34.2. The number of amides is 1.